The SMILES string of the molecule is Cc1ccccc1CN1CCCN(C(=O)C(c2ccccc2)N2CCS(=O)(=O)CC2)CC1. The zero-order chi connectivity index (χ0) is 22.6. The summed E-state index contributed by atoms with van der Waals surface area (Å²) < 4.78 is 23.9. The summed E-state index contributed by atoms with van der Waals surface area (Å²) in [4.78, 5) is 20.2. The maximum atomic E-state index is 13.7. The maximum absolute atomic E-state index is 13.7. The molecule has 2 heterocycles. The highest BCUT2D eigenvalue weighted by atomic mass is 32.2. The lowest BCUT2D eigenvalue weighted by atomic mass is 10.0. The summed E-state index contributed by atoms with van der Waals surface area (Å²) in [6.45, 7) is 7.10. The van der Waals surface area contributed by atoms with Gasteiger partial charge in [0.15, 0.2) is 9.84 Å². The van der Waals surface area contributed by atoms with E-state index >= 15 is 0 Å². The molecule has 1 amide bonds. The minimum Gasteiger partial charge on any atom is -0.340 e. The van der Waals surface area contributed by atoms with E-state index in [-0.39, 0.29) is 17.4 Å². The van der Waals surface area contributed by atoms with Crippen molar-refractivity contribution in [1.82, 2.24) is 14.7 Å². The van der Waals surface area contributed by atoms with E-state index in [1.54, 1.807) is 0 Å². The van der Waals surface area contributed by atoms with Crippen LogP contribution in [0.3, 0.4) is 0 Å². The number of rotatable bonds is 5. The highest BCUT2D eigenvalue weighted by Gasteiger charge is 2.35. The highest BCUT2D eigenvalue weighted by molar-refractivity contribution is 7.91. The van der Waals surface area contributed by atoms with Gasteiger partial charge >= 0.3 is 0 Å². The summed E-state index contributed by atoms with van der Waals surface area (Å²) in [5, 5.41) is 0. The first-order chi connectivity index (χ1) is 15.4. The first kappa shape index (κ1) is 23.0. The third-order valence-corrected chi connectivity index (χ3v) is 8.26. The molecule has 0 N–H and O–H groups in total. The van der Waals surface area contributed by atoms with E-state index in [1.807, 2.05) is 35.2 Å². The van der Waals surface area contributed by atoms with Gasteiger partial charge in [-0.2, -0.15) is 0 Å². The molecule has 7 heteroatoms. The number of aryl methyl sites for hydroxylation is 1. The minimum absolute atomic E-state index is 0.0910. The van der Waals surface area contributed by atoms with E-state index < -0.39 is 15.9 Å². The zero-order valence-electron chi connectivity index (χ0n) is 18.8. The van der Waals surface area contributed by atoms with Gasteiger partial charge in [-0.3, -0.25) is 14.6 Å². The number of benzene rings is 2. The molecular weight excluding hydrogens is 422 g/mol. The van der Waals surface area contributed by atoms with Crippen LogP contribution in [0.1, 0.15) is 29.2 Å². The van der Waals surface area contributed by atoms with Crippen LogP contribution in [-0.4, -0.2) is 79.8 Å². The summed E-state index contributed by atoms with van der Waals surface area (Å²) in [7, 11) is -3.00. The maximum Gasteiger partial charge on any atom is 0.244 e. The van der Waals surface area contributed by atoms with Crippen LogP contribution in [0.15, 0.2) is 54.6 Å². The largest absolute Gasteiger partial charge is 0.340 e. The second-order valence-electron chi connectivity index (χ2n) is 8.88. The van der Waals surface area contributed by atoms with E-state index in [0.717, 1.165) is 38.2 Å². The van der Waals surface area contributed by atoms with Crippen LogP contribution in [0.5, 0.6) is 0 Å². The topological polar surface area (TPSA) is 60.9 Å². The number of amides is 1. The molecule has 2 saturated heterocycles. The fourth-order valence-corrected chi connectivity index (χ4v) is 5.91. The quantitative estimate of drug-likeness (QED) is 0.693. The monoisotopic (exact) mass is 455 g/mol. The molecule has 0 saturated carbocycles. The molecule has 0 aliphatic carbocycles. The van der Waals surface area contributed by atoms with Crippen molar-refractivity contribution in [3.63, 3.8) is 0 Å². The van der Waals surface area contributed by atoms with Crippen LogP contribution in [0.4, 0.5) is 0 Å². The number of hydrogen-bond donors (Lipinski definition) is 0. The zero-order valence-corrected chi connectivity index (χ0v) is 19.6. The molecule has 2 aliphatic rings. The average molecular weight is 456 g/mol. The second kappa shape index (κ2) is 10.1. The number of carbonyl (C=O) groups is 1. The van der Waals surface area contributed by atoms with Gasteiger partial charge in [0.1, 0.15) is 6.04 Å². The van der Waals surface area contributed by atoms with Gasteiger partial charge in [0.05, 0.1) is 11.5 Å². The molecule has 1 atom stereocenters. The molecule has 2 fully saturated rings. The highest BCUT2D eigenvalue weighted by Crippen LogP contribution is 2.26. The summed E-state index contributed by atoms with van der Waals surface area (Å²) in [6, 6.07) is 17.9. The molecule has 0 aromatic heterocycles. The number of carbonyl (C=O) groups excluding carboxylic acids is 1. The van der Waals surface area contributed by atoms with Crippen molar-refractivity contribution in [2.75, 3.05) is 50.8 Å². The molecular formula is C25H33N3O3S. The molecule has 2 aliphatic heterocycles. The summed E-state index contributed by atoms with van der Waals surface area (Å²) >= 11 is 0. The van der Waals surface area contributed by atoms with Crippen LogP contribution in [0.2, 0.25) is 0 Å². The van der Waals surface area contributed by atoms with Gasteiger partial charge in [0.25, 0.3) is 0 Å². The lowest BCUT2D eigenvalue weighted by Crippen LogP contribution is -2.49. The predicted molar refractivity (Wildman–Crippen MR) is 127 cm³/mol. The van der Waals surface area contributed by atoms with E-state index in [4.69, 9.17) is 0 Å². The van der Waals surface area contributed by atoms with E-state index in [0.29, 0.717) is 19.6 Å². The van der Waals surface area contributed by atoms with Gasteiger partial charge in [0.2, 0.25) is 5.91 Å². The van der Waals surface area contributed by atoms with Crippen molar-refractivity contribution in [2.24, 2.45) is 0 Å². The van der Waals surface area contributed by atoms with E-state index in [1.165, 1.54) is 11.1 Å². The van der Waals surface area contributed by atoms with Gasteiger partial charge in [0, 0.05) is 45.8 Å². The Kier molecular flexibility index (Phi) is 7.28. The van der Waals surface area contributed by atoms with Crippen molar-refractivity contribution in [2.45, 2.75) is 25.9 Å². The Balaban J connectivity index is 1.47. The molecule has 32 heavy (non-hydrogen) atoms. The number of hydrogen-bond acceptors (Lipinski definition) is 5. The van der Waals surface area contributed by atoms with E-state index in [9.17, 15) is 13.2 Å². The smallest absolute Gasteiger partial charge is 0.244 e. The van der Waals surface area contributed by atoms with Gasteiger partial charge < -0.3 is 4.90 Å². The van der Waals surface area contributed by atoms with Gasteiger partial charge in [-0.15, -0.1) is 0 Å². The number of nitrogens with zero attached hydrogens (tertiary/aromatic N) is 3. The normalized spacial score (nSPS) is 21.1. The Morgan fingerprint density at radius 2 is 1.56 bits per heavy atom. The summed E-state index contributed by atoms with van der Waals surface area (Å²) in [5.41, 5.74) is 3.58. The molecule has 0 spiro atoms. The summed E-state index contributed by atoms with van der Waals surface area (Å²) in [5.74, 6) is 0.329. The second-order valence-corrected chi connectivity index (χ2v) is 11.2. The first-order valence-corrected chi connectivity index (χ1v) is 13.3. The van der Waals surface area contributed by atoms with Crippen LogP contribution >= 0.6 is 0 Å². The lowest BCUT2D eigenvalue weighted by molar-refractivity contribution is -0.137. The van der Waals surface area contributed by atoms with Crippen molar-refractivity contribution >= 4 is 15.7 Å². The van der Waals surface area contributed by atoms with Crippen LogP contribution in [0, 0.1) is 6.92 Å². The van der Waals surface area contributed by atoms with Crippen molar-refractivity contribution < 1.29 is 13.2 Å². The molecule has 6 nitrogen and oxygen atoms in total. The van der Waals surface area contributed by atoms with Gasteiger partial charge in [-0.05, 0) is 30.0 Å². The Labute approximate surface area is 191 Å². The third-order valence-electron chi connectivity index (χ3n) is 6.65. The molecule has 2 aromatic rings. The van der Waals surface area contributed by atoms with E-state index in [2.05, 4.69) is 41.0 Å². The fraction of sp³-hybridized carbons (Fsp3) is 0.480. The Morgan fingerprint density at radius 3 is 2.28 bits per heavy atom. The fourth-order valence-electron chi connectivity index (χ4n) is 4.68. The average Bonchev–Trinajstić information content (AvgIpc) is 3.03. The molecule has 172 valence electrons. The number of sulfone groups is 1. The molecule has 0 radical (unpaired) electrons. The van der Waals surface area contributed by atoms with Crippen molar-refractivity contribution in [1.29, 1.82) is 0 Å². The molecule has 2 aromatic carbocycles. The Bertz CT molecular complexity index is 1010. The third kappa shape index (κ3) is 5.57. The van der Waals surface area contributed by atoms with Gasteiger partial charge in [-0.1, -0.05) is 54.6 Å². The van der Waals surface area contributed by atoms with Crippen molar-refractivity contribution in [3.05, 3.63) is 71.3 Å². The van der Waals surface area contributed by atoms with Crippen LogP contribution in [0.25, 0.3) is 0 Å². The molecule has 0 bridgehead atoms. The van der Waals surface area contributed by atoms with Crippen LogP contribution in [-0.2, 0) is 21.2 Å². The minimum atomic E-state index is -3.00. The standard InChI is InChI=1S/C25H33N3O3S/c1-21-8-5-6-11-23(21)20-26-12-7-13-28(15-14-26)25(29)24(22-9-3-2-4-10-22)27-16-18-32(30,31)19-17-27/h2-6,8-11,24H,7,12-20H2,1H3. The predicted octanol–water partition coefficient (Wildman–Crippen LogP) is 2.50. The lowest BCUT2D eigenvalue weighted by Gasteiger charge is -2.36. The summed E-state index contributed by atoms with van der Waals surface area (Å²) in [6.07, 6.45) is 0.938. The Hall–Kier alpha value is -2.22. The first-order valence-electron chi connectivity index (χ1n) is 11.5. The van der Waals surface area contributed by atoms with Crippen molar-refractivity contribution in [3.8, 4) is 0 Å². The Morgan fingerprint density at radius 1 is 0.875 bits per heavy atom. The van der Waals surface area contributed by atoms with Gasteiger partial charge in [-0.25, -0.2) is 8.42 Å². The van der Waals surface area contributed by atoms with Crippen LogP contribution < -0.4 is 0 Å². The molecule has 1 unspecified atom stereocenters. The molecule has 4 rings (SSSR count).